The zero-order valence-corrected chi connectivity index (χ0v) is 12.3. The average Bonchev–Trinajstić information content (AvgIpc) is 3.12. The van der Waals surface area contributed by atoms with E-state index >= 15 is 0 Å². The number of rotatable bonds is 4. The first-order valence-electron chi connectivity index (χ1n) is 7.16. The molecule has 1 saturated carbocycles. The zero-order valence-electron chi connectivity index (χ0n) is 11.6. The first-order valence-corrected chi connectivity index (χ1v) is 7.53. The van der Waals surface area contributed by atoms with E-state index in [4.69, 9.17) is 11.6 Å². The van der Waals surface area contributed by atoms with Crippen molar-refractivity contribution in [2.45, 2.75) is 38.1 Å². The maximum absolute atomic E-state index is 13.1. The number of Topliss-reactive ketones (excluding diaryl/α,β-unsaturated/α-hetero) is 1. The molecule has 0 spiro atoms. The van der Waals surface area contributed by atoms with Gasteiger partial charge in [-0.05, 0) is 37.1 Å². The predicted molar refractivity (Wildman–Crippen MR) is 79.2 cm³/mol. The summed E-state index contributed by atoms with van der Waals surface area (Å²) in [5.74, 6) is -0.618. The Morgan fingerprint density at radius 3 is 2.81 bits per heavy atom. The lowest BCUT2D eigenvalue weighted by molar-refractivity contribution is 0.0991. The molecule has 1 aromatic heterocycles. The Kier molecular flexibility index (Phi) is 4.06. The maximum atomic E-state index is 13.1. The van der Waals surface area contributed by atoms with Gasteiger partial charge in [-0.2, -0.15) is 5.10 Å². The van der Waals surface area contributed by atoms with Gasteiger partial charge in [0.25, 0.3) is 0 Å². The van der Waals surface area contributed by atoms with E-state index in [1.165, 1.54) is 31.0 Å². The van der Waals surface area contributed by atoms with Crippen molar-refractivity contribution in [1.82, 2.24) is 9.78 Å². The van der Waals surface area contributed by atoms with Crippen LogP contribution in [0, 0.1) is 5.82 Å². The first kappa shape index (κ1) is 14.3. The van der Waals surface area contributed by atoms with Crippen LogP contribution in [0.5, 0.6) is 0 Å². The molecular formula is C16H16ClFN2O. The third kappa shape index (κ3) is 3.16. The second-order valence-electron chi connectivity index (χ2n) is 5.45. The fourth-order valence-corrected chi connectivity index (χ4v) is 2.96. The van der Waals surface area contributed by atoms with Gasteiger partial charge in [0.05, 0.1) is 23.2 Å². The predicted octanol–water partition coefficient (Wildman–Crippen LogP) is 4.22. The number of ketones is 1. The van der Waals surface area contributed by atoms with E-state index in [0.717, 1.165) is 18.5 Å². The molecule has 0 radical (unpaired) electrons. The summed E-state index contributed by atoms with van der Waals surface area (Å²) in [5.41, 5.74) is 1.16. The molecule has 1 heterocycles. The summed E-state index contributed by atoms with van der Waals surface area (Å²) in [6.07, 6.45) is 6.95. The third-order valence-electron chi connectivity index (χ3n) is 3.95. The number of hydrogen-bond donors (Lipinski definition) is 0. The Hall–Kier alpha value is -1.68. The Morgan fingerprint density at radius 2 is 2.10 bits per heavy atom. The van der Waals surface area contributed by atoms with E-state index in [9.17, 15) is 9.18 Å². The van der Waals surface area contributed by atoms with E-state index in [1.54, 1.807) is 0 Å². The second-order valence-corrected chi connectivity index (χ2v) is 5.86. The van der Waals surface area contributed by atoms with Gasteiger partial charge in [0.1, 0.15) is 5.82 Å². The first-order chi connectivity index (χ1) is 10.1. The number of hydrogen-bond acceptors (Lipinski definition) is 2. The Bertz CT molecular complexity index is 662. The average molecular weight is 307 g/mol. The van der Waals surface area contributed by atoms with Crippen LogP contribution in [0.25, 0.3) is 0 Å². The molecule has 1 fully saturated rings. The molecule has 110 valence electrons. The summed E-state index contributed by atoms with van der Waals surface area (Å²) in [4.78, 5) is 12.2. The summed E-state index contributed by atoms with van der Waals surface area (Å²) in [5, 5.41) is 4.46. The highest BCUT2D eigenvalue weighted by atomic mass is 35.5. The maximum Gasteiger partial charge on any atom is 0.168 e. The molecule has 1 aliphatic rings. The van der Waals surface area contributed by atoms with Crippen molar-refractivity contribution in [1.29, 1.82) is 0 Å². The van der Waals surface area contributed by atoms with Gasteiger partial charge in [0, 0.05) is 11.8 Å². The minimum Gasteiger partial charge on any atom is -0.294 e. The molecule has 1 aliphatic carbocycles. The van der Waals surface area contributed by atoms with Crippen molar-refractivity contribution in [3.8, 4) is 0 Å². The van der Waals surface area contributed by atoms with Gasteiger partial charge in [-0.3, -0.25) is 9.48 Å². The Morgan fingerprint density at radius 1 is 1.33 bits per heavy atom. The van der Waals surface area contributed by atoms with Gasteiger partial charge in [0.2, 0.25) is 0 Å². The van der Waals surface area contributed by atoms with Crippen LogP contribution >= 0.6 is 11.6 Å². The van der Waals surface area contributed by atoms with Crippen LogP contribution in [0.2, 0.25) is 5.02 Å². The second kappa shape index (κ2) is 5.98. The molecule has 0 atom stereocenters. The number of benzene rings is 1. The van der Waals surface area contributed by atoms with Crippen LogP contribution in [0.15, 0.2) is 30.5 Å². The van der Waals surface area contributed by atoms with Gasteiger partial charge in [-0.25, -0.2) is 4.39 Å². The van der Waals surface area contributed by atoms with E-state index in [2.05, 4.69) is 5.10 Å². The number of aromatic nitrogens is 2. The van der Waals surface area contributed by atoms with Crippen molar-refractivity contribution in [3.05, 3.63) is 52.6 Å². The SMILES string of the molecule is O=C(Cc1ccn(C2CCCC2)n1)c1ccc(F)c(Cl)c1. The van der Waals surface area contributed by atoms with E-state index in [1.807, 2.05) is 16.9 Å². The number of carbonyl (C=O) groups is 1. The summed E-state index contributed by atoms with van der Waals surface area (Å²) in [7, 11) is 0. The number of carbonyl (C=O) groups excluding carboxylic acids is 1. The van der Waals surface area contributed by atoms with Crippen molar-refractivity contribution in [2.24, 2.45) is 0 Å². The molecule has 5 heteroatoms. The molecule has 3 rings (SSSR count). The van der Waals surface area contributed by atoms with Crippen molar-refractivity contribution in [2.75, 3.05) is 0 Å². The van der Waals surface area contributed by atoms with Crippen LogP contribution in [0.3, 0.4) is 0 Å². The lowest BCUT2D eigenvalue weighted by Crippen LogP contribution is -2.08. The molecular weight excluding hydrogens is 291 g/mol. The molecule has 3 nitrogen and oxygen atoms in total. The standard InChI is InChI=1S/C16H16ClFN2O/c17-14-9-11(5-6-15(14)18)16(21)10-12-7-8-20(19-12)13-3-1-2-4-13/h5-9,13H,1-4,10H2. The van der Waals surface area contributed by atoms with Crippen LogP contribution < -0.4 is 0 Å². The van der Waals surface area contributed by atoms with Gasteiger partial charge in [-0.1, -0.05) is 24.4 Å². The topological polar surface area (TPSA) is 34.9 Å². The van der Waals surface area contributed by atoms with Crippen LogP contribution in [-0.4, -0.2) is 15.6 Å². The summed E-state index contributed by atoms with van der Waals surface area (Å²) in [6, 6.07) is 6.38. The van der Waals surface area contributed by atoms with Gasteiger partial charge in [0.15, 0.2) is 5.78 Å². The molecule has 0 amide bonds. The summed E-state index contributed by atoms with van der Waals surface area (Å²) < 4.78 is 15.1. The molecule has 0 bridgehead atoms. The van der Waals surface area contributed by atoms with Gasteiger partial charge < -0.3 is 0 Å². The highest BCUT2D eigenvalue weighted by Gasteiger charge is 2.18. The molecule has 1 aromatic carbocycles. The lowest BCUT2D eigenvalue weighted by Gasteiger charge is -2.08. The molecule has 21 heavy (non-hydrogen) atoms. The smallest absolute Gasteiger partial charge is 0.168 e. The minimum atomic E-state index is -0.515. The summed E-state index contributed by atoms with van der Waals surface area (Å²) >= 11 is 5.70. The monoisotopic (exact) mass is 306 g/mol. The van der Waals surface area contributed by atoms with Crippen LogP contribution in [0.4, 0.5) is 4.39 Å². The van der Waals surface area contributed by atoms with E-state index in [0.29, 0.717) is 11.6 Å². The van der Waals surface area contributed by atoms with Crippen molar-refractivity contribution in [3.63, 3.8) is 0 Å². The zero-order chi connectivity index (χ0) is 14.8. The molecule has 0 aliphatic heterocycles. The quantitative estimate of drug-likeness (QED) is 0.793. The molecule has 2 aromatic rings. The van der Waals surface area contributed by atoms with Crippen molar-refractivity contribution < 1.29 is 9.18 Å². The third-order valence-corrected chi connectivity index (χ3v) is 4.24. The van der Waals surface area contributed by atoms with Crippen LogP contribution in [-0.2, 0) is 6.42 Å². The fourth-order valence-electron chi connectivity index (χ4n) is 2.78. The van der Waals surface area contributed by atoms with Gasteiger partial charge >= 0.3 is 0 Å². The normalized spacial score (nSPS) is 15.5. The van der Waals surface area contributed by atoms with E-state index < -0.39 is 5.82 Å². The number of nitrogens with zero attached hydrogens (tertiary/aromatic N) is 2. The highest BCUT2D eigenvalue weighted by molar-refractivity contribution is 6.31. The Labute approximate surface area is 127 Å². The van der Waals surface area contributed by atoms with E-state index in [-0.39, 0.29) is 17.2 Å². The summed E-state index contributed by atoms with van der Waals surface area (Å²) in [6.45, 7) is 0. The minimum absolute atomic E-state index is 0.0302. The largest absolute Gasteiger partial charge is 0.294 e. The van der Waals surface area contributed by atoms with Gasteiger partial charge in [-0.15, -0.1) is 0 Å². The highest BCUT2D eigenvalue weighted by Crippen LogP contribution is 2.28. The molecule has 0 saturated heterocycles. The fraction of sp³-hybridized carbons (Fsp3) is 0.375. The lowest BCUT2D eigenvalue weighted by atomic mass is 10.1. The Balaban J connectivity index is 1.70. The molecule has 0 N–H and O–H groups in total. The molecule has 0 unspecified atom stereocenters. The van der Waals surface area contributed by atoms with Crippen LogP contribution in [0.1, 0.15) is 47.8 Å². The van der Waals surface area contributed by atoms with Crippen molar-refractivity contribution >= 4 is 17.4 Å². The number of halogens is 2.